The lowest BCUT2D eigenvalue weighted by atomic mass is 10.1. The molecule has 1 aromatic carbocycles. The van der Waals surface area contributed by atoms with Gasteiger partial charge >= 0.3 is 0 Å². The first-order valence-electron chi connectivity index (χ1n) is 10.8. The van der Waals surface area contributed by atoms with Gasteiger partial charge in [0.1, 0.15) is 0 Å². The van der Waals surface area contributed by atoms with Crippen LogP contribution >= 0.6 is 11.3 Å². The second-order valence-electron chi connectivity index (χ2n) is 7.97. The zero-order valence-electron chi connectivity index (χ0n) is 17.6. The van der Waals surface area contributed by atoms with E-state index in [1.165, 1.54) is 16.1 Å². The van der Waals surface area contributed by atoms with Gasteiger partial charge in [0, 0.05) is 52.2 Å². The Morgan fingerprint density at radius 3 is 2.60 bits per heavy atom. The van der Waals surface area contributed by atoms with Gasteiger partial charge < -0.3 is 20.4 Å². The molecule has 0 bridgehead atoms. The third kappa shape index (κ3) is 5.14. The molecule has 2 aliphatic rings. The molecule has 160 valence electrons. The topological polar surface area (TPSA) is 60.0 Å². The minimum Gasteiger partial charge on any atom is -0.363 e. The van der Waals surface area contributed by atoms with E-state index < -0.39 is 0 Å². The number of piperidine rings is 1. The summed E-state index contributed by atoms with van der Waals surface area (Å²) in [7, 11) is 1.82. The van der Waals surface area contributed by atoms with Crippen LogP contribution in [0.15, 0.2) is 46.8 Å². The molecule has 30 heavy (non-hydrogen) atoms. The lowest BCUT2D eigenvalue weighted by molar-refractivity contribution is -0.128. The van der Waals surface area contributed by atoms with Crippen LogP contribution < -0.4 is 15.5 Å². The lowest BCUT2D eigenvalue weighted by Crippen LogP contribution is -2.48. The number of carbonyl (C=O) groups is 1. The van der Waals surface area contributed by atoms with Gasteiger partial charge in [0.2, 0.25) is 5.91 Å². The Hall–Kier alpha value is -2.54. The minimum atomic E-state index is 0.268. The van der Waals surface area contributed by atoms with Crippen molar-refractivity contribution < 1.29 is 4.79 Å². The zero-order chi connectivity index (χ0) is 20.8. The van der Waals surface area contributed by atoms with Crippen LogP contribution in [-0.4, -0.2) is 49.5 Å². The van der Waals surface area contributed by atoms with Crippen molar-refractivity contribution in [3.63, 3.8) is 0 Å². The Bertz CT molecular complexity index is 858. The number of benzene rings is 1. The second-order valence-corrected chi connectivity index (χ2v) is 8.90. The number of amides is 1. The van der Waals surface area contributed by atoms with Crippen LogP contribution in [-0.2, 0) is 17.9 Å². The third-order valence-electron chi connectivity index (χ3n) is 5.97. The van der Waals surface area contributed by atoms with E-state index in [4.69, 9.17) is 0 Å². The van der Waals surface area contributed by atoms with Crippen LogP contribution in [0.5, 0.6) is 0 Å². The normalized spacial score (nSPS) is 18.2. The molecule has 0 saturated carbocycles. The molecule has 0 atom stereocenters. The minimum absolute atomic E-state index is 0.268. The molecule has 2 N–H and O–H groups in total. The summed E-state index contributed by atoms with van der Waals surface area (Å²) in [5.41, 5.74) is 2.42. The van der Waals surface area contributed by atoms with Gasteiger partial charge in [-0.15, -0.1) is 11.3 Å². The number of likely N-dealkylation sites (tertiary alicyclic amines) is 1. The number of hydrogen-bond donors (Lipinski definition) is 2. The van der Waals surface area contributed by atoms with Crippen LogP contribution in [0.1, 0.15) is 36.8 Å². The number of rotatable bonds is 6. The first-order chi connectivity index (χ1) is 14.7. The summed E-state index contributed by atoms with van der Waals surface area (Å²) in [6.45, 7) is 4.41. The van der Waals surface area contributed by atoms with Crippen LogP contribution in [0.2, 0.25) is 0 Å². The first kappa shape index (κ1) is 20.7. The fourth-order valence-corrected chi connectivity index (χ4v) is 5.01. The van der Waals surface area contributed by atoms with Crippen molar-refractivity contribution in [2.24, 2.45) is 4.99 Å². The summed E-state index contributed by atoms with van der Waals surface area (Å²) in [5.74, 6) is 1.11. The molecule has 2 saturated heterocycles. The number of guanidine groups is 1. The van der Waals surface area contributed by atoms with Gasteiger partial charge in [-0.1, -0.05) is 24.3 Å². The van der Waals surface area contributed by atoms with Crippen molar-refractivity contribution >= 4 is 28.2 Å². The van der Waals surface area contributed by atoms with E-state index in [9.17, 15) is 4.79 Å². The van der Waals surface area contributed by atoms with Crippen molar-refractivity contribution in [2.75, 3.05) is 31.6 Å². The fourth-order valence-electron chi connectivity index (χ4n) is 4.22. The summed E-state index contributed by atoms with van der Waals surface area (Å²) in [6, 6.07) is 13.1. The largest absolute Gasteiger partial charge is 0.363 e. The average Bonchev–Trinajstić information content (AvgIpc) is 3.45. The predicted octanol–water partition coefficient (Wildman–Crippen LogP) is 3.20. The molecule has 2 fully saturated rings. The maximum Gasteiger partial charge on any atom is 0.222 e. The summed E-state index contributed by atoms with van der Waals surface area (Å²) < 4.78 is 0. The predicted molar refractivity (Wildman–Crippen MR) is 124 cm³/mol. The van der Waals surface area contributed by atoms with Crippen molar-refractivity contribution in [3.05, 3.63) is 52.9 Å². The highest BCUT2D eigenvalue weighted by atomic mass is 32.1. The highest BCUT2D eigenvalue weighted by Gasteiger charge is 2.22. The number of hydrogen-bond acceptors (Lipinski definition) is 4. The van der Waals surface area contributed by atoms with Gasteiger partial charge in [0.25, 0.3) is 0 Å². The van der Waals surface area contributed by atoms with Crippen molar-refractivity contribution in [1.82, 2.24) is 15.5 Å². The molecule has 2 aliphatic heterocycles. The molecule has 7 heteroatoms. The Morgan fingerprint density at radius 1 is 1.13 bits per heavy atom. The number of nitrogens with one attached hydrogen (secondary N) is 2. The van der Waals surface area contributed by atoms with Crippen LogP contribution in [0.25, 0.3) is 0 Å². The van der Waals surface area contributed by atoms with Gasteiger partial charge in [-0.2, -0.15) is 0 Å². The molecule has 0 aliphatic carbocycles. The van der Waals surface area contributed by atoms with E-state index in [1.54, 1.807) is 0 Å². The third-order valence-corrected chi connectivity index (χ3v) is 6.90. The molecule has 1 amide bonds. The lowest BCUT2D eigenvalue weighted by Gasteiger charge is -2.33. The Labute approximate surface area is 183 Å². The number of anilines is 1. The van der Waals surface area contributed by atoms with Crippen LogP contribution in [0, 0.1) is 0 Å². The van der Waals surface area contributed by atoms with Gasteiger partial charge in [-0.3, -0.25) is 9.79 Å². The molecule has 0 spiro atoms. The summed E-state index contributed by atoms with van der Waals surface area (Å²) in [6.07, 6.45) is 3.86. The molecular formula is C23H31N5OS. The number of nitrogens with zero attached hydrogens (tertiary/aromatic N) is 3. The molecule has 2 aromatic rings. The van der Waals surface area contributed by atoms with E-state index in [0.29, 0.717) is 25.6 Å². The second kappa shape index (κ2) is 9.98. The van der Waals surface area contributed by atoms with Crippen LogP contribution in [0.4, 0.5) is 5.00 Å². The standard InChI is InChI=1S/C23H31N5OS/c1-24-23(26-20-10-13-27(14-11-20)22-9-5-15-30-22)25-16-18-6-2-3-7-19(18)17-28-12-4-8-21(28)29/h2-3,5-7,9,15,20H,4,8,10-14,16-17H2,1H3,(H2,24,25,26). The Kier molecular flexibility index (Phi) is 6.89. The smallest absolute Gasteiger partial charge is 0.222 e. The van der Waals surface area contributed by atoms with E-state index in [1.807, 2.05) is 29.4 Å². The van der Waals surface area contributed by atoms with E-state index in [2.05, 4.69) is 56.2 Å². The van der Waals surface area contributed by atoms with Gasteiger partial charge in [0.15, 0.2) is 5.96 Å². The first-order valence-corrected chi connectivity index (χ1v) is 11.7. The van der Waals surface area contributed by atoms with Gasteiger partial charge in [-0.05, 0) is 47.9 Å². The van der Waals surface area contributed by atoms with Crippen LogP contribution in [0.3, 0.4) is 0 Å². The average molecular weight is 426 g/mol. The van der Waals surface area contributed by atoms with Gasteiger partial charge in [0.05, 0.1) is 5.00 Å². The highest BCUT2D eigenvalue weighted by Crippen LogP contribution is 2.24. The monoisotopic (exact) mass is 425 g/mol. The molecular weight excluding hydrogens is 394 g/mol. The number of aliphatic imine (C=N–C) groups is 1. The molecule has 1 aromatic heterocycles. The fraction of sp³-hybridized carbons (Fsp3) is 0.478. The molecule has 0 unspecified atom stereocenters. The van der Waals surface area contributed by atoms with Crippen molar-refractivity contribution in [3.8, 4) is 0 Å². The maximum atomic E-state index is 12.0. The van der Waals surface area contributed by atoms with Gasteiger partial charge in [-0.25, -0.2) is 0 Å². The van der Waals surface area contributed by atoms with E-state index in [-0.39, 0.29) is 5.91 Å². The molecule has 6 nitrogen and oxygen atoms in total. The summed E-state index contributed by atoms with van der Waals surface area (Å²) >= 11 is 1.81. The number of thiophene rings is 1. The van der Waals surface area contributed by atoms with E-state index >= 15 is 0 Å². The zero-order valence-corrected chi connectivity index (χ0v) is 18.5. The molecule has 3 heterocycles. The molecule has 0 radical (unpaired) electrons. The SMILES string of the molecule is CN=C(NCc1ccccc1CN1CCCC1=O)NC1CCN(c2cccs2)CC1. The Morgan fingerprint density at radius 2 is 1.93 bits per heavy atom. The number of carbonyl (C=O) groups excluding carboxylic acids is 1. The van der Waals surface area contributed by atoms with Crippen molar-refractivity contribution in [1.29, 1.82) is 0 Å². The van der Waals surface area contributed by atoms with E-state index in [0.717, 1.165) is 44.9 Å². The Balaban J connectivity index is 1.28. The summed E-state index contributed by atoms with van der Waals surface area (Å²) in [4.78, 5) is 20.9. The summed E-state index contributed by atoms with van der Waals surface area (Å²) in [5, 5.41) is 10.6. The van der Waals surface area contributed by atoms with Crippen molar-refractivity contribution in [2.45, 2.75) is 44.8 Å². The maximum absolute atomic E-state index is 12.0. The highest BCUT2D eigenvalue weighted by molar-refractivity contribution is 7.14. The quantitative estimate of drug-likeness (QED) is 0.551. The molecule has 4 rings (SSSR count).